The van der Waals surface area contributed by atoms with E-state index in [1.165, 1.54) is 24.3 Å². The molecule has 0 aliphatic carbocycles. The Hall–Kier alpha value is -3.94. The predicted octanol–water partition coefficient (Wildman–Crippen LogP) is 4.52. The molecule has 0 radical (unpaired) electrons. The molecule has 33 heavy (non-hydrogen) atoms. The van der Waals surface area contributed by atoms with Crippen LogP contribution >= 0.6 is 0 Å². The van der Waals surface area contributed by atoms with Crippen LogP contribution in [0.4, 0.5) is 10.1 Å². The Kier molecular flexibility index (Phi) is 7.27. The third-order valence-electron chi connectivity index (χ3n) is 4.96. The lowest BCUT2D eigenvalue weighted by atomic mass is 10.1. The molecule has 3 aromatic rings. The maximum atomic E-state index is 13.0. The number of carbonyl (C=O) groups excluding carboxylic acids is 3. The highest BCUT2D eigenvalue weighted by Crippen LogP contribution is 2.20. The number of rotatable bonds is 7. The Morgan fingerprint density at radius 2 is 1.73 bits per heavy atom. The van der Waals surface area contributed by atoms with Gasteiger partial charge in [-0.1, -0.05) is 12.1 Å². The van der Waals surface area contributed by atoms with Crippen molar-refractivity contribution in [3.63, 3.8) is 0 Å². The second-order valence-corrected chi connectivity index (χ2v) is 7.92. The average molecular weight is 451 g/mol. The second-order valence-electron chi connectivity index (χ2n) is 7.92. The summed E-state index contributed by atoms with van der Waals surface area (Å²) in [7, 11) is 0. The lowest BCUT2D eigenvalue weighted by Gasteiger charge is -2.09. The highest BCUT2D eigenvalue weighted by molar-refractivity contribution is 6.04. The summed E-state index contributed by atoms with van der Waals surface area (Å²) in [6, 6.07) is 12.3. The molecule has 0 aliphatic rings. The number of anilines is 1. The molecular weight excluding hydrogens is 425 g/mol. The van der Waals surface area contributed by atoms with Crippen molar-refractivity contribution in [2.45, 2.75) is 40.3 Å². The van der Waals surface area contributed by atoms with Crippen molar-refractivity contribution in [2.24, 2.45) is 0 Å². The Bertz CT molecular complexity index is 1180. The molecule has 7 nitrogen and oxygen atoms in total. The summed E-state index contributed by atoms with van der Waals surface area (Å²) in [4.78, 5) is 40.4. The average Bonchev–Trinajstić information content (AvgIpc) is 3.06. The van der Waals surface area contributed by atoms with Gasteiger partial charge >= 0.3 is 5.97 Å². The van der Waals surface area contributed by atoms with Crippen molar-refractivity contribution in [1.82, 2.24) is 10.3 Å². The van der Waals surface area contributed by atoms with E-state index in [0.717, 1.165) is 5.56 Å². The first-order chi connectivity index (χ1) is 15.7. The van der Waals surface area contributed by atoms with E-state index in [1.807, 2.05) is 6.07 Å². The SMILES string of the molecule is Cc1[nH]c(C(=O)NCc2cccc(NC(=O)c3ccc(F)cc3)c2)c(C)c1C(=O)OC(C)C. The van der Waals surface area contributed by atoms with Crippen LogP contribution in [0.2, 0.25) is 0 Å². The molecule has 3 rings (SSSR count). The lowest BCUT2D eigenvalue weighted by molar-refractivity contribution is 0.0376. The minimum Gasteiger partial charge on any atom is -0.459 e. The molecule has 1 aromatic heterocycles. The Morgan fingerprint density at radius 1 is 1.03 bits per heavy atom. The molecule has 0 atom stereocenters. The van der Waals surface area contributed by atoms with Gasteiger partial charge in [-0.15, -0.1) is 0 Å². The summed E-state index contributed by atoms with van der Waals surface area (Å²) in [6.07, 6.45) is -0.265. The summed E-state index contributed by atoms with van der Waals surface area (Å²) < 4.78 is 18.3. The molecule has 0 fully saturated rings. The van der Waals surface area contributed by atoms with Gasteiger partial charge in [-0.05, 0) is 75.2 Å². The van der Waals surface area contributed by atoms with Gasteiger partial charge in [-0.2, -0.15) is 0 Å². The normalized spacial score (nSPS) is 10.7. The first kappa shape index (κ1) is 23.7. The lowest BCUT2D eigenvalue weighted by Crippen LogP contribution is -2.24. The molecule has 172 valence electrons. The van der Waals surface area contributed by atoms with E-state index in [2.05, 4.69) is 15.6 Å². The van der Waals surface area contributed by atoms with Gasteiger partial charge in [0.1, 0.15) is 11.5 Å². The Labute approximate surface area is 191 Å². The van der Waals surface area contributed by atoms with Gasteiger partial charge in [-0.3, -0.25) is 9.59 Å². The summed E-state index contributed by atoms with van der Waals surface area (Å²) in [5, 5.41) is 5.57. The second kappa shape index (κ2) is 10.1. The van der Waals surface area contributed by atoms with Gasteiger partial charge in [0.05, 0.1) is 11.7 Å². The number of ether oxygens (including phenoxy) is 1. The fourth-order valence-corrected chi connectivity index (χ4v) is 3.39. The van der Waals surface area contributed by atoms with E-state index >= 15 is 0 Å². The number of hydrogen-bond donors (Lipinski definition) is 3. The number of esters is 1. The van der Waals surface area contributed by atoms with Crippen LogP contribution in [0, 0.1) is 19.7 Å². The highest BCUT2D eigenvalue weighted by atomic mass is 19.1. The van der Waals surface area contributed by atoms with Gasteiger partial charge in [0.25, 0.3) is 11.8 Å². The van der Waals surface area contributed by atoms with Crippen molar-refractivity contribution in [2.75, 3.05) is 5.32 Å². The molecule has 0 spiro atoms. The van der Waals surface area contributed by atoms with Crippen LogP contribution in [0.1, 0.15) is 61.9 Å². The monoisotopic (exact) mass is 451 g/mol. The summed E-state index contributed by atoms with van der Waals surface area (Å²) in [5.74, 6) is -1.62. The first-order valence-electron chi connectivity index (χ1n) is 10.5. The third-order valence-corrected chi connectivity index (χ3v) is 4.96. The first-order valence-corrected chi connectivity index (χ1v) is 10.5. The minimum atomic E-state index is -0.472. The summed E-state index contributed by atoms with van der Waals surface area (Å²) in [6.45, 7) is 7.15. The molecule has 1 heterocycles. The van der Waals surface area contributed by atoms with Gasteiger partial charge in [0.15, 0.2) is 0 Å². The number of aromatic nitrogens is 1. The Morgan fingerprint density at radius 3 is 2.39 bits per heavy atom. The molecule has 0 bridgehead atoms. The van der Waals surface area contributed by atoms with E-state index in [-0.39, 0.29) is 24.5 Å². The van der Waals surface area contributed by atoms with Gasteiger partial charge < -0.3 is 20.4 Å². The number of H-pyrrole nitrogens is 1. The van der Waals surface area contributed by atoms with E-state index in [1.54, 1.807) is 45.9 Å². The topological polar surface area (TPSA) is 100 Å². The fourth-order valence-electron chi connectivity index (χ4n) is 3.39. The molecule has 0 unspecified atom stereocenters. The van der Waals surface area contributed by atoms with Crippen LogP contribution in [0.3, 0.4) is 0 Å². The largest absolute Gasteiger partial charge is 0.459 e. The van der Waals surface area contributed by atoms with Crippen molar-refractivity contribution < 1.29 is 23.5 Å². The molecule has 2 aromatic carbocycles. The molecule has 8 heteroatoms. The summed E-state index contributed by atoms with van der Waals surface area (Å²) in [5.41, 5.74) is 3.38. The van der Waals surface area contributed by atoms with Crippen LogP contribution in [0.15, 0.2) is 48.5 Å². The summed E-state index contributed by atoms with van der Waals surface area (Å²) >= 11 is 0. The van der Waals surface area contributed by atoms with Crippen LogP contribution in [0.5, 0.6) is 0 Å². The van der Waals surface area contributed by atoms with E-state index in [0.29, 0.717) is 33.8 Å². The van der Waals surface area contributed by atoms with Gasteiger partial charge in [0.2, 0.25) is 0 Å². The number of nitrogens with one attached hydrogen (secondary N) is 3. The zero-order valence-electron chi connectivity index (χ0n) is 18.9. The number of amides is 2. The standard InChI is InChI=1S/C25H26FN3O4/c1-14(2)33-25(32)21-15(3)22(28-16(21)4)24(31)27-13-17-6-5-7-20(12-17)29-23(30)18-8-10-19(26)11-9-18/h5-12,14,28H,13H2,1-4H3,(H,27,31)(H,29,30). The maximum absolute atomic E-state index is 13.0. The zero-order valence-corrected chi connectivity index (χ0v) is 18.9. The van der Waals surface area contributed by atoms with Crippen LogP contribution in [-0.2, 0) is 11.3 Å². The van der Waals surface area contributed by atoms with Crippen molar-refractivity contribution >= 4 is 23.5 Å². The number of aromatic amines is 1. The number of aryl methyl sites for hydroxylation is 1. The number of carbonyl (C=O) groups is 3. The van der Waals surface area contributed by atoms with Crippen LogP contribution in [0.25, 0.3) is 0 Å². The van der Waals surface area contributed by atoms with Crippen LogP contribution in [-0.4, -0.2) is 28.9 Å². The van der Waals surface area contributed by atoms with E-state index in [4.69, 9.17) is 4.74 Å². The van der Waals surface area contributed by atoms with E-state index < -0.39 is 11.8 Å². The Balaban J connectivity index is 1.66. The fraction of sp³-hybridized carbons (Fsp3) is 0.240. The highest BCUT2D eigenvalue weighted by Gasteiger charge is 2.23. The number of halogens is 1. The quantitative estimate of drug-likeness (QED) is 0.460. The third kappa shape index (κ3) is 5.85. The predicted molar refractivity (Wildman–Crippen MR) is 123 cm³/mol. The number of hydrogen-bond acceptors (Lipinski definition) is 4. The van der Waals surface area contributed by atoms with Crippen molar-refractivity contribution in [3.8, 4) is 0 Å². The van der Waals surface area contributed by atoms with E-state index in [9.17, 15) is 18.8 Å². The maximum Gasteiger partial charge on any atom is 0.340 e. The minimum absolute atomic E-state index is 0.211. The van der Waals surface area contributed by atoms with Crippen LogP contribution < -0.4 is 10.6 Å². The van der Waals surface area contributed by atoms with Crippen molar-refractivity contribution in [3.05, 3.63) is 88.0 Å². The molecule has 0 saturated carbocycles. The molecule has 0 aliphatic heterocycles. The van der Waals surface area contributed by atoms with Gasteiger partial charge in [-0.25, -0.2) is 9.18 Å². The van der Waals surface area contributed by atoms with Gasteiger partial charge in [0, 0.05) is 23.5 Å². The molecular formula is C25H26FN3O4. The van der Waals surface area contributed by atoms with Crippen molar-refractivity contribution in [1.29, 1.82) is 0 Å². The number of benzene rings is 2. The zero-order chi connectivity index (χ0) is 24.1. The molecule has 2 amide bonds. The molecule has 0 saturated heterocycles. The smallest absolute Gasteiger partial charge is 0.340 e. The molecule has 3 N–H and O–H groups in total.